The summed E-state index contributed by atoms with van der Waals surface area (Å²) in [7, 11) is 0. The van der Waals surface area contributed by atoms with Crippen LogP contribution in [0, 0.1) is 13.8 Å². The first-order valence-electron chi connectivity index (χ1n) is 10.9. The lowest BCUT2D eigenvalue weighted by Crippen LogP contribution is -2.33. The number of aromatic nitrogens is 1. The molecule has 0 unspecified atom stereocenters. The van der Waals surface area contributed by atoms with Gasteiger partial charge in [0.2, 0.25) is 0 Å². The van der Waals surface area contributed by atoms with Crippen molar-refractivity contribution in [2.45, 2.75) is 40.2 Å². The van der Waals surface area contributed by atoms with Gasteiger partial charge in [0.05, 0.1) is 11.6 Å². The van der Waals surface area contributed by atoms with Gasteiger partial charge in [0, 0.05) is 24.5 Å². The van der Waals surface area contributed by atoms with Gasteiger partial charge in [-0.25, -0.2) is 0 Å². The average molecular weight is 422 g/mol. The molecule has 1 aliphatic heterocycles. The van der Waals surface area contributed by atoms with E-state index in [0.717, 1.165) is 42.7 Å². The summed E-state index contributed by atoms with van der Waals surface area (Å²) < 4.78 is 0. The highest BCUT2D eigenvalue weighted by Gasteiger charge is 2.46. The smallest absolute Gasteiger partial charge is 0.295 e. The largest absolute Gasteiger partial charge is 0.507 e. The number of rotatable bonds is 8. The van der Waals surface area contributed by atoms with Gasteiger partial charge in [0.15, 0.2) is 0 Å². The van der Waals surface area contributed by atoms with Crippen molar-refractivity contribution in [3.8, 4) is 0 Å². The maximum absolute atomic E-state index is 13.1. The Kier molecular flexibility index (Phi) is 7.23. The van der Waals surface area contributed by atoms with Crippen LogP contribution in [-0.2, 0) is 9.59 Å². The fraction of sp³-hybridized carbons (Fsp3) is 0.400. The van der Waals surface area contributed by atoms with Crippen LogP contribution in [0.15, 0.2) is 48.3 Å². The Labute approximate surface area is 184 Å². The van der Waals surface area contributed by atoms with Crippen molar-refractivity contribution in [2.75, 3.05) is 26.2 Å². The zero-order valence-electron chi connectivity index (χ0n) is 18.8. The summed E-state index contributed by atoms with van der Waals surface area (Å²) in [5.74, 6) is -1.34. The summed E-state index contributed by atoms with van der Waals surface area (Å²) in [5, 5.41) is 11.2. The predicted molar refractivity (Wildman–Crippen MR) is 122 cm³/mol. The number of hydrogen-bond acceptors (Lipinski definition) is 5. The molecular formula is C25H31N3O3. The van der Waals surface area contributed by atoms with Crippen LogP contribution < -0.4 is 0 Å². The fourth-order valence-corrected chi connectivity index (χ4v) is 4.14. The molecule has 1 aromatic heterocycles. The topological polar surface area (TPSA) is 73.7 Å². The Bertz CT molecular complexity index is 981. The van der Waals surface area contributed by atoms with Gasteiger partial charge in [-0.2, -0.15) is 0 Å². The minimum absolute atomic E-state index is 0.125. The minimum Gasteiger partial charge on any atom is -0.507 e. The Balaban J connectivity index is 2.04. The van der Waals surface area contributed by atoms with E-state index in [2.05, 4.69) is 23.7 Å². The van der Waals surface area contributed by atoms with Crippen LogP contribution in [0.25, 0.3) is 5.76 Å². The molecule has 2 aromatic rings. The van der Waals surface area contributed by atoms with Crippen molar-refractivity contribution in [3.63, 3.8) is 0 Å². The Morgan fingerprint density at radius 2 is 1.90 bits per heavy atom. The molecule has 1 amide bonds. The molecule has 1 saturated heterocycles. The number of aryl methyl sites for hydroxylation is 2. The summed E-state index contributed by atoms with van der Waals surface area (Å²) >= 11 is 0. The number of Topliss-reactive ketones (excluding diaryl/α,β-unsaturated/α-hetero) is 1. The zero-order chi connectivity index (χ0) is 22.5. The van der Waals surface area contributed by atoms with E-state index in [9.17, 15) is 14.7 Å². The van der Waals surface area contributed by atoms with Crippen LogP contribution in [0.3, 0.4) is 0 Å². The van der Waals surface area contributed by atoms with Gasteiger partial charge in [0.1, 0.15) is 5.76 Å². The molecule has 1 atom stereocenters. The number of benzene rings is 1. The number of likely N-dealkylation sites (tertiary alicyclic amines) is 1. The molecule has 31 heavy (non-hydrogen) atoms. The molecule has 6 heteroatoms. The maximum atomic E-state index is 13.1. The number of pyridine rings is 1. The van der Waals surface area contributed by atoms with Gasteiger partial charge in [-0.1, -0.05) is 37.6 Å². The Hall–Kier alpha value is -2.99. The number of aliphatic hydroxyl groups is 1. The molecule has 0 spiro atoms. The van der Waals surface area contributed by atoms with E-state index < -0.39 is 17.7 Å². The zero-order valence-corrected chi connectivity index (χ0v) is 18.8. The van der Waals surface area contributed by atoms with Crippen LogP contribution in [0.5, 0.6) is 0 Å². The molecule has 0 radical (unpaired) electrons. The van der Waals surface area contributed by atoms with Crippen LogP contribution in [-0.4, -0.2) is 57.8 Å². The molecule has 1 N–H and O–H groups in total. The molecule has 2 heterocycles. The minimum atomic E-state index is -0.648. The molecule has 0 aliphatic carbocycles. The molecule has 0 saturated carbocycles. The van der Waals surface area contributed by atoms with E-state index in [1.165, 1.54) is 0 Å². The first kappa shape index (κ1) is 22.7. The molecule has 1 aliphatic rings. The summed E-state index contributed by atoms with van der Waals surface area (Å²) in [6.45, 7) is 11.2. The van der Waals surface area contributed by atoms with Gasteiger partial charge in [0.25, 0.3) is 11.7 Å². The number of carbonyl (C=O) groups is 2. The summed E-state index contributed by atoms with van der Waals surface area (Å²) in [6.07, 6.45) is 4.06. The third-order valence-electron chi connectivity index (χ3n) is 5.96. The van der Waals surface area contributed by atoms with Gasteiger partial charge < -0.3 is 14.9 Å². The van der Waals surface area contributed by atoms with Gasteiger partial charge >= 0.3 is 0 Å². The standard InChI is InChI=1S/C25H31N3O3/c1-5-27(6-2)13-8-14-28-22(19-9-7-12-26-16-19)21(24(30)25(28)31)23(29)20-15-17(3)10-11-18(20)4/h7,9-12,15-16,22,29H,5-6,8,13-14H2,1-4H3/t22-/m0/s1. The Morgan fingerprint density at radius 3 is 2.55 bits per heavy atom. The number of amides is 1. The predicted octanol–water partition coefficient (Wildman–Crippen LogP) is 3.85. The second-order valence-corrected chi connectivity index (χ2v) is 7.98. The highest BCUT2D eigenvalue weighted by atomic mass is 16.3. The van der Waals surface area contributed by atoms with Crippen molar-refractivity contribution >= 4 is 17.4 Å². The van der Waals surface area contributed by atoms with Crippen LogP contribution in [0.4, 0.5) is 0 Å². The van der Waals surface area contributed by atoms with E-state index in [1.54, 1.807) is 23.4 Å². The van der Waals surface area contributed by atoms with Crippen LogP contribution in [0.2, 0.25) is 0 Å². The lowest BCUT2D eigenvalue weighted by atomic mass is 9.94. The quantitative estimate of drug-likeness (QED) is 0.398. The third-order valence-corrected chi connectivity index (χ3v) is 5.96. The van der Waals surface area contributed by atoms with E-state index >= 15 is 0 Å². The van der Waals surface area contributed by atoms with Crippen LogP contribution in [0.1, 0.15) is 48.6 Å². The van der Waals surface area contributed by atoms with Gasteiger partial charge in [-0.3, -0.25) is 14.6 Å². The monoisotopic (exact) mass is 421 g/mol. The fourth-order valence-electron chi connectivity index (χ4n) is 4.14. The lowest BCUT2D eigenvalue weighted by Gasteiger charge is -2.26. The second kappa shape index (κ2) is 9.88. The highest BCUT2D eigenvalue weighted by molar-refractivity contribution is 6.46. The van der Waals surface area contributed by atoms with E-state index in [4.69, 9.17) is 0 Å². The van der Waals surface area contributed by atoms with Crippen LogP contribution >= 0.6 is 0 Å². The van der Waals surface area contributed by atoms with Crippen molar-refractivity contribution in [2.24, 2.45) is 0 Å². The van der Waals surface area contributed by atoms with Crippen molar-refractivity contribution in [1.82, 2.24) is 14.8 Å². The second-order valence-electron chi connectivity index (χ2n) is 7.98. The van der Waals surface area contributed by atoms with E-state index in [-0.39, 0.29) is 11.3 Å². The first-order valence-corrected chi connectivity index (χ1v) is 10.9. The summed E-state index contributed by atoms with van der Waals surface area (Å²) in [4.78, 5) is 34.1. The number of hydrogen-bond donors (Lipinski definition) is 1. The van der Waals surface area contributed by atoms with Crippen molar-refractivity contribution in [1.29, 1.82) is 0 Å². The van der Waals surface area contributed by atoms with Gasteiger partial charge in [-0.15, -0.1) is 0 Å². The van der Waals surface area contributed by atoms with Gasteiger partial charge in [-0.05, 0) is 63.2 Å². The maximum Gasteiger partial charge on any atom is 0.295 e. The molecule has 164 valence electrons. The number of ketones is 1. The molecule has 6 nitrogen and oxygen atoms in total. The molecule has 3 rings (SSSR count). The van der Waals surface area contributed by atoms with E-state index in [0.29, 0.717) is 12.1 Å². The highest BCUT2D eigenvalue weighted by Crippen LogP contribution is 2.39. The third kappa shape index (κ3) is 4.69. The molecular weight excluding hydrogens is 390 g/mol. The number of carbonyl (C=O) groups excluding carboxylic acids is 2. The summed E-state index contributed by atoms with van der Waals surface area (Å²) in [6, 6.07) is 8.68. The van der Waals surface area contributed by atoms with E-state index in [1.807, 2.05) is 38.1 Å². The molecule has 0 bridgehead atoms. The average Bonchev–Trinajstić information content (AvgIpc) is 3.03. The SMILES string of the molecule is CCN(CC)CCCN1C(=O)C(=O)C(=C(O)c2cc(C)ccc2C)[C@@H]1c1cccnc1. The van der Waals surface area contributed by atoms with Crippen molar-refractivity contribution < 1.29 is 14.7 Å². The van der Waals surface area contributed by atoms with Crippen molar-refractivity contribution in [3.05, 3.63) is 70.6 Å². The summed E-state index contributed by atoms with van der Waals surface area (Å²) in [5.41, 5.74) is 3.25. The normalized spacial score (nSPS) is 18.2. The lowest BCUT2D eigenvalue weighted by molar-refractivity contribution is -0.140. The first-order chi connectivity index (χ1) is 14.9. The number of aliphatic hydroxyl groups excluding tert-OH is 1. The molecule has 1 fully saturated rings. The molecule has 1 aromatic carbocycles. The Morgan fingerprint density at radius 1 is 1.16 bits per heavy atom. The number of nitrogens with zero attached hydrogens (tertiary/aromatic N) is 3.